The number of nitrogens with one attached hydrogen (secondary N) is 1. The van der Waals surface area contributed by atoms with Crippen LogP contribution in [0.1, 0.15) is 48.5 Å². The molecule has 3 amide bonds. The first-order valence-corrected chi connectivity index (χ1v) is 16.9. The monoisotopic (exact) mass is 673 g/mol. The molecule has 0 aliphatic carbocycles. The molecule has 262 valence electrons. The van der Waals surface area contributed by atoms with E-state index in [4.69, 9.17) is 14.2 Å². The van der Waals surface area contributed by atoms with E-state index in [1.807, 2.05) is 50.2 Å². The smallest absolute Gasteiger partial charge is 0.313 e. The highest BCUT2D eigenvalue weighted by Crippen LogP contribution is 2.59. The van der Waals surface area contributed by atoms with E-state index >= 15 is 0 Å². The molecule has 3 aliphatic heterocycles. The molecule has 7 atom stereocenters. The summed E-state index contributed by atoms with van der Waals surface area (Å²) in [7, 11) is 1.50. The molecular weight excluding hydrogens is 626 g/mol. The number of likely N-dealkylation sites (tertiary alicyclic amines) is 1. The maximum absolute atomic E-state index is 14.7. The van der Waals surface area contributed by atoms with Gasteiger partial charge in [0.2, 0.25) is 11.8 Å². The summed E-state index contributed by atoms with van der Waals surface area (Å²) in [5.41, 5.74) is 1.84. The van der Waals surface area contributed by atoms with Crippen LogP contribution in [0, 0.1) is 25.7 Å². The van der Waals surface area contributed by atoms with Crippen LogP contribution in [0.25, 0.3) is 0 Å². The van der Waals surface area contributed by atoms with Crippen molar-refractivity contribution in [1.82, 2.24) is 10.2 Å². The SMILES string of the molecule is C=CCCC(=O)N[C@@H](COC)[C@@H](OC(=O)[C@@H]1[C@H]2C(=O)N(CCO)[C@H](C(=O)N(CC=C)c3c(C)cccc3C)[C@]23CC[C@H]1O3)c1ccccc1. The molecule has 3 saturated heterocycles. The van der Waals surface area contributed by atoms with Crippen LogP contribution in [0.15, 0.2) is 73.8 Å². The Hall–Kier alpha value is -4.32. The number of β-amino-alcohol motifs (C(OH)–C–C–N with tert-alkyl or cyclic N) is 1. The average molecular weight is 674 g/mol. The van der Waals surface area contributed by atoms with Crippen molar-refractivity contribution in [2.24, 2.45) is 11.8 Å². The molecule has 5 rings (SSSR count). The van der Waals surface area contributed by atoms with Gasteiger partial charge >= 0.3 is 5.97 Å². The second kappa shape index (κ2) is 15.5. The molecule has 3 fully saturated rings. The lowest BCUT2D eigenvalue weighted by Gasteiger charge is -2.37. The van der Waals surface area contributed by atoms with Crippen molar-refractivity contribution in [3.8, 4) is 0 Å². The van der Waals surface area contributed by atoms with Crippen molar-refractivity contribution in [2.45, 2.75) is 69.4 Å². The van der Waals surface area contributed by atoms with Crippen LogP contribution in [-0.4, -0.2) is 90.9 Å². The van der Waals surface area contributed by atoms with Gasteiger partial charge in [0.1, 0.15) is 17.7 Å². The van der Waals surface area contributed by atoms with Crippen molar-refractivity contribution in [3.05, 3.63) is 90.5 Å². The number of amides is 3. The summed E-state index contributed by atoms with van der Waals surface area (Å²) < 4.78 is 18.3. The van der Waals surface area contributed by atoms with Crippen LogP contribution in [0.3, 0.4) is 0 Å². The number of carbonyl (C=O) groups is 4. The number of rotatable bonds is 16. The minimum atomic E-state index is -1.29. The number of allylic oxidation sites excluding steroid dienone is 1. The number of hydrogen-bond acceptors (Lipinski definition) is 8. The van der Waals surface area contributed by atoms with Gasteiger partial charge in [0.05, 0.1) is 37.2 Å². The van der Waals surface area contributed by atoms with Gasteiger partial charge in [0.25, 0.3) is 5.91 Å². The first-order chi connectivity index (χ1) is 23.6. The molecule has 3 aliphatic rings. The van der Waals surface area contributed by atoms with E-state index in [-0.39, 0.29) is 44.5 Å². The number of carbonyl (C=O) groups excluding carboxylic acids is 4. The summed E-state index contributed by atoms with van der Waals surface area (Å²) in [4.78, 5) is 59.2. The average Bonchev–Trinajstić information content (AvgIpc) is 3.73. The number of para-hydroxylation sites is 1. The molecule has 0 radical (unpaired) electrons. The minimum absolute atomic E-state index is 0.0574. The molecule has 0 saturated carbocycles. The lowest BCUT2D eigenvalue weighted by Crippen LogP contribution is -2.57. The Bertz CT molecular complexity index is 1540. The molecular formula is C38H47N3O8. The zero-order valence-corrected chi connectivity index (χ0v) is 28.5. The predicted molar refractivity (Wildman–Crippen MR) is 183 cm³/mol. The fourth-order valence-electron chi connectivity index (χ4n) is 7.97. The summed E-state index contributed by atoms with van der Waals surface area (Å²) in [6.45, 7) is 11.2. The molecule has 3 heterocycles. The molecule has 2 N–H and O–H groups in total. The van der Waals surface area contributed by atoms with Gasteiger partial charge in [-0.1, -0.05) is 60.7 Å². The molecule has 2 aromatic rings. The van der Waals surface area contributed by atoms with Crippen LogP contribution in [0.5, 0.6) is 0 Å². The Morgan fingerprint density at radius 1 is 1.12 bits per heavy atom. The number of ether oxygens (including phenoxy) is 3. The van der Waals surface area contributed by atoms with Gasteiger partial charge in [-0.15, -0.1) is 13.2 Å². The molecule has 0 aromatic heterocycles. The zero-order chi connectivity index (χ0) is 35.3. The number of fused-ring (bicyclic) bond motifs is 1. The van der Waals surface area contributed by atoms with Crippen LogP contribution in [0.2, 0.25) is 0 Å². The standard InChI is InChI=1S/C38H47N3O8/c1-6-8-17-29(43)39-27(23-47-5)33(26-15-10-9-11-16-26)48-37(46)30-28-18-19-38(49-28)31(30)35(44)41(21-22-42)34(38)36(45)40(20-7-2)32-24(3)13-12-14-25(32)4/h6-7,9-16,27-28,30-31,33-34,42H,1-2,8,17-23H2,3-5H3,(H,39,43)/t27-,28+,30-,31-,33-,34+,38-/m0/s1. The van der Waals surface area contributed by atoms with Gasteiger partial charge in [0, 0.05) is 32.3 Å². The maximum Gasteiger partial charge on any atom is 0.313 e. The lowest BCUT2D eigenvalue weighted by molar-refractivity contribution is -0.163. The van der Waals surface area contributed by atoms with E-state index in [9.17, 15) is 24.3 Å². The summed E-state index contributed by atoms with van der Waals surface area (Å²) in [5, 5.41) is 13.0. The van der Waals surface area contributed by atoms with Crippen molar-refractivity contribution in [3.63, 3.8) is 0 Å². The van der Waals surface area contributed by atoms with E-state index in [2.05, 4.69) is 18.5 Å². The predicted octanol–water partition coefficient (Wildman–Crippen LogP) is 3.57. The zero-order valence-electron chi connectivity index (χ0n) is 28.5. The van der Waals surface area contributed by atoms with Crippen molar-refractivity contribution in [1.29, 1.82) is 0 Å². The molecule has 2 bridgehead atoms. The molecule has 2 aromatic carbocycles. The highest BCUT2D eigenvalue weighted by Gasteiger charge is 2.75. The second-order valence-electron chi connectivity index (χ2n) is 13.0. The normalized spacial score (nSPS) is 25.0. The number of esters is 1. The lowest BCUT2D eigenvalue weighted by atomic mass is 9.70. The fourth-order valence-corrected chi connectivity index (χ4v) is 7.97. The maximum atomic E-state index is 14.7. The third kappa shape index (κ3) is 6.79. The summed E-state index contributed by atoms with van der Waals surface area (Å²) >= 11 is 0. The fraction of sp³-hybridized carbons (Fsp3) is 0.474. The quantitative estimate of drug-likeness (QED) is 0.204. The van der Waals surface area contributed by atoms with Gasteiger partial charge in [-0.25, -0.2) is 0 Å². The molecule has 0 unspecified atom stereocenters. The van der Waals surface area contributed by atoms with Crippen molar-refractivity contribution < 1.29 is 38.5 Å². The first-order valence-electron chi connectivity index (χ1n) is 16.9. The molecule has 1 spiro atoms. The van der Waals surface area contributed by atoms with Crippen LogP contribution in [0.4, 0.5) is 5.69 Å². The van der Waals surface area contributed by atoms with Crippen molar-refractivity contribution in [2.75, 3.05) is 38.3 Å². The number of benzene rings is 2. The number of hydrogen-bond donors (Lipinski definition) is 2. The third-order valence-electron chi connectivity index (χ3n) is 9.94. The largest absolute Gasteiger partial charge is 0.455 e. The van der Waals surface area contributed by atoms with E-state index in [0.717, 1.165) is 16.8 Å². The topological polar surface area (TPSA) is 135 Å². The van der Waals surface area contributed by atoms with E-state index in [1.54, 1.807) is 29.2 Å². The number of aliphatic hydroxyl groups excluding tert-OH is 1. The van der Waals surface area contributed by atoms with Gasteiger partial charge in [-0.3, -0.25) is 19.2 Å². The van der Waals surface area contributed by atoms with Crippen LogP contribution >= 0.6 is 0 Å². The third-order valence-corrected chi connectivity index (χ3v) is 9.94. The molecule has 11 heteroatoms. The second-order valence-corrected chi connectivity index (χ2v) is 13.0. The number of methoxy groups -OCH3 is 1. The molecule has 49 heavy (non-hydrogen) atoms. The first kappa shape index (κ1) is 36.0. The Morgan fingerprint density at radius 3 is 2.47 bits per heavy atom. The Labute approximate surface area is 287 Å². The number of nitrogens with zero attached hydrogens (tertiary/aromatic N) is 2. The highest BCUT2D eigenvalue weighted by molar-refractivity contribution is 6.05. The number of aryl methyl sites for hydroxylation is 2. The van der Waals surface area contributed by atoms with Gasteiger partial charge in [-0.2, -0.15) is 0 Å². The number of aliphatic hydroxyl groups is 1. The summed E-state index contributed by atoms with van der Waals surface area (Å²) in [5.74, 6) is -3.70. The Morgan fingerprint density at radius 2 is 1.84 bits per heavy atom. The summed E-state index contributed by atoms with van der Waals surface area (Å²) in [6, 6.07) is 13.0. The van der Waals surface area contributed by atoms with Crippen LogP contribution in [-0.2, 0) is 33.4 Å². The number of anilines is 1. The van der Waals surface area contributed by atoms with Gasteiger partial charge in [0.15, 0.2) is 0 Å². The van der Waals surface area contributed by atoms with Gasteiger partial charge < -0.3 is 34.4 Å². The van der Waals surface area contributed by atoms with E-state index in [0.29, 0.717) is 24.8 Å². The van der Waals surface area contributed by atoms with Crippen molar-refractivity contribution >= 4 is 29.4 Å². The van der Waals surface area contributed by atoms with E-state index in [1.165, 1.54) is 12.0 Å². The molecule has 11 nitrogen and oxygen atoms in total. The Balaban J connectivity index is 1.49. The van der Waals surface area contributed by atoms with Crippen LogP contribution < -0.4 is 10.2 Å². The van der Waals surface area contributed by atoms with Gasteiger partial charge in [-0.05, 0) is 49.8 Å². The Kier molecular flexibility index (Phi) is 11.4. The minimum Gasteiger partial charge on any atom is -0.455 e. The summed E-state index contributed by atoms with van der Waals surface area (Å²) in [6.07, 6.45) is 3.21. The van der Waals surface area contributed by atoms with E-state index < -0.39 is 53.6 Å². The highest BCUT2D eigenvalue weighted by atomic mass is 16.6.